The first kappa shape index (κ1) is 14.9. The van der Waals surface area contributed by atoms with E-state index in [2.05, 4.69) is 31.2 Å². The Morgan fingerprint density at radius 1 is 1.26 bits per heavy atom. The fourth-order valence-electron chi connectivity index (χ4n) is 2.99. The van der Waals surface area contributed by atoms with Crippen LogP contribution in [0.25, 0.3) is 0 Å². The molecule has 0 saturated heterocycles. The third-order valence-electron chi connectivity index (χ3n) is 4.33. The van der Waals surface area contributed by atoms with Crippen molar-refractivity contribution in [2.24, 2.45) is 0 Å². The molecular formula is C15H26ClN3. The summed E-state index contributed by atoms with van der Waals surface area (Å²) in [7, 11) is 0. The lowest BCUT2D eigenvalue weighted by Crippen LogP contribution is -2.43. The van der Waals surface area contributed by atoms with Gasteiger partial charge in [0.05, 0.1) is 16.4 Å². The molecule has 0 unspecified atom stereocenters. The molecule has 0 bridgehead atoms. The molecule has 0 aliphatic heterocycles. The Hall–Kier alpha value is -0.540. The molecular weight excluding hydrogens is 258 g/mol. The zero-order valence-corrected chi connectivity index (χ0v) is 13.2. The monoisotopic (exact) mass is 283 g/mol. The van der Waals surface area contributed by atoms with Crippen LogP contribution >= 0.6 is 11.6 Å². The molecule has 0 amide bonds. The predicted octanol–water partition coefficient (Wildman–Crippen LogP) is 3.93. The van der Waals surface area contributed by atoms with Gasteiger partial charge in [-0.05, 0) is 33.1 Å². The van der Waals surface area contributed by atoms with Gasteiger partial charge in [0.15, 0.2) is 0 Å². The Bertz CT molecular complexity index is 419. The van der Waals surface area contributed by atoms with Crippen molar-refractivity contribution < 1.29 is 0 Å². The van der Waals surface area contributed by atoms with Crippen molar-refractivity contribution in [3.63, 3.8) is 0 Å². The molecule has 0 aromatic carbocycles. The smallest absolute Gasteiger partial charge is 0.0863 e. The normalized spacial score (nSPS) is 18.7. The van der Waals surface area contributed by atoms with Gasteiger partial charge in [-0.2, -0.15) is 5.10 Å². The number of aromatic nitrogens is 2. The van der Waals surface area contributed by atoms with Gasteiger partial charge in [0.1, 0.15) is 0 Å². The maximum absolute atomic E-state index is 6.45. The average molecular weight is 284 g/mol. The molecule has 1 N–H and O–H groups in total. The van der Waals surface area contributed by atoms with Gasteiger partial charge in [0.2, 0.25) is 0 Å². The van der Waals surface area contributed by atoms with E-state index in [0.29, 0.717) is 0 Å². The number of halogens is 1. The van der Waals surface area contributed by atoms with Crippen LogP contribution in [0.5, 0.6) is 0 Å². The predicted molar refractivity (Wildman–Crippen MR) is 80.6 cm³/mol. The van der Waals surface area contributed by atoms with Gasteiger partial charge < -0.3 is 5.32 Å². The van der Waals surface area contributed by atoms with Gasteiger partial charge in [-0.1, -0.05) is 37.8 Å². The van der Waals surface area contributed by atoms with Crippen molar-refractivity contribution in [1.82, 2.24) is 15.1 Å². The van der Waals surface area contributed by atoms with Crippen molar-refractivity contribution in [2.75, 3.05) is 0 Å². The zero-order chi connectivity index (χ0) is 13.9. The van der Waals surface area contributed by atoms with E-state index in [1.54, 1.807) is 0 Å². The van der Waals surface area contributed by atoms with Crippen molar-refractivity contribution in [3.05, 3.63) is 16.4 Å². The maximum atomic E-state index is 6.45. The summed E-state index contributed by atoms with van der Waals surface area (Å²) >= 11 is 6.45. The fourth-order valence-corrected chi connectivity index (χ4v) is 3.33. The number of nitrogens with one attached hydrogen (secondary N) is 1. The topological polar surface area (TPSA) is 29.9 Å². The summed E-state index contributed by atoms with van der Waals surface area (Å²) in [6.07, 6.45) is 7.49. The highest BCUT2D eigenvalue weighted by Crippen LogP contribution is 2.29. The molecule has 2 rings (SSSR count). The molecule has 0 atom stereocenters. The van der Waals surface area contributed by atoms with E-state index in [4.69, 9.17) is 11.6 Å². The second kappa shape index (κ2) is 6.27. The Labute approximate surface area is 121 Å². The minimum absolute atomic E-state index is 0.275. The molecule has 108 valence electrons. The highest BCUT2D eigenvalue weighted by Gasteiger charge is 2.27. The summed E-state index contributed by atoms with van der Waals surface area (Å²) in [6, 6.07) is 0. The van der Waals surface area contributed by atoms with Crippen LogP contribution in [-0.4, -0.2) is 15.3 Å². The first-order valence-corrected chi connectivity index (χ1v) is 7.96. The minimum Gasteiger partial charge on any atom is -0.306 e. The Morgan fingerprint density at radius 2 is 1.95 bits per heavy atom. The molecule has 1 heterocycles. The van der Waals surface area contributed by atoms with Gasteiger partial charge in [-0.3, -0.25) is 4.68 Å². The third kappa shape index (κ3) is 3.32. The molecule has 1 aliphatic rings. The number of hydrogen-bond donors (Lipinski definition) is 1. The summed E-state index contributed by atoms with van der Waals surface area (Å²) in [5, 5.41) is 9.16. The van der Waals surface area contributed by atoms with Crippen LogP contribution in [0, 0.1) is 0 Å². The van der Waals surface area contributed by atoms with Crippen molar-refractivity contribution in [2.45, 2.75) is 77.9 Å². The van der Waals surface area contributed by atoms with Crippen LogP contribution in [0.15, 0.2) is 0 Å². The lowest BCUT2D eigenvalue weighted by atomic mass is 9.83. The van der Waals surface area contributed by atoms with Crippen LogP contribution in [0.4, 0.5) is 0 Å². The van der Waals surface area contributed by atoms with E-state index < -0.39 is 0 Å². The van der Waals surface area contributed by atoms with Gasteiger partial charge in [-0.15, -0.1) is 0 Å². The van der Waals surface area contributed by atoms with E-state index in [9.17, 15) is 0 Å². The van der Waals surface area contributed by atoms with Crippen molar-refractivity contribution >= 4 is 11.6 Å². The number of aryl methyl sites for hydroxylation is 2. The summed E-state index contributed by atoms with van der Waals surface area (Å²) in [6.45, 7) is 8.28. The summed E-state index contributed by atoms with van der Waals surface area (Å²) in [4.78, 5) is 0. The summed E-state index contributed by atoms with van der Waals surface area (Å²) in [5.74, 6) is 0. The van der Waals surface area contributed by atoms with Crippen molar-refractivity contribution in [3.8, 4) is 0 Å². The van der Waals surface area contributed by atoms with Gasteiger partial charge in [-0.25, -0.2) is 0 Å². The van der Waals surface area contributed by atoms with Crippen LogP contribution in [-0.2, 0) is 19.5 Å². The standard InChI is InChI=1S/C15H26ClN3/c1-4-12-14(16)13(19(5-2)18-12)11-17-15(3)9-7-6-8-10-15/h17H,4-11H2,1-3H3. The molecule has 1 aromatic heterocycles. The number of rotatable bonds is 5. The lowest BCUT2D eigenvalue weighted by molar-refractivity contribution is 0.250. The Kier molecular flexibility index (Phi) is 4.91. The maximum Gasteiger partial charge on any atom is 0.0863 e. The highest BCUT2D eigenvalue weighted by atomic mass is 35.5. The zero-order valence-electron chi connectivity index (χ0n) is 12.4. The van der Waals surface area contributed by atoms with E-state index in [-0.39, 0.29) is 5.54 Å². The second-order valence-electron chi connectivity index (χ2n) is 5.85. The van der Waals surface area contributed by atoms with E-state index in [1.165, 1.54) is 32.1 Å². The van der Waals surface area contributed by atoms with E-state index >= 15 is 0 Å². The van der Waals surface area contributed by atoms with Crippen LogP contribution in [0.1, 0.15) is 64.3 Å². The summed E-state index contributed by atoms with van der Waals surface area (Å²) in [5.41, 5.74) is 2.44. The molecule has 1 fully saturated rings. The molecule has 0 spiro atoms. The van der Waals surface area contributed by atoms with Crippen molar-refractivity contribution in [1.29, 1.82) is 0 Å². The molecule has 3 nitrogen and oxygen atoms in total. The first-order valence-electron chi connectivity index (χ1n) is 7.58. The largest absolute Gasteiger partial charge is 0.306 e. The highest BCUT2D eigenvalue weighted by molar-refractivity contribution is 6.31. The number of hydrogen-bond acceptors (Lipinski definition) is 2. The summed E-state index contributed by atoms with van der Waals surface area (Å²) < 4.78 is 2.04. The van der Waals surface area contributed by atoms with Gasteiger partial charge in [0.25, 0.3) is 0 Å². The van der Waals surface area contributed by atoms with Crippen LogP contribution < -0.4 is 5.32 Å². The Balaban J connectivity index is 2.08. The quantitative estimate of drug-likeness (QED) is 0.887. The second-order valence-corrected chi connectivity index (χ2v) is 6.23. The molecule has 1 aromatic rings. The van der Waals surface area contributed by atoms with E-state index in [1.807, 2.05) is 4.68 Å². The average Bonchev–Trinajstić information content (AvgIpc) is 2.73. The molecule has 1 aliphatic carbocycles. The van der Waals surface area contributed by atoms with Crippen LogP contribution in [0.3, 0.4) is 0 Å². The fraction of sp³-hybridized carbons (Fsp3) is 0.800. The molecule has 0 radical (unpaired) electrons. The number of nitrogens with zero attached hydrogens (tertiary/aromatic N) is 2. The molecule has 19 heavy (non-hydrogen) atoms. The SMILES string of the molecule is CCc1nn(CC)c(CNC2(C)CCCCC2)c1Cl. The van der Waals surface area contributed by atoms with Gasteiger partial charge in [0, 0.05) is 18.6 Å². The Morgan fingerprint density at radius 3 is 2.53 bits per heavy atom. The minimum atomic E-state index is 0.275. The molecule has 1 saturated carbocycles. The molecule has 4 heteroatoms. The first-order chi connectivity index (χ1) is 9.09. The lowest BCUT2D eigenvalue weighted by Gasteiger charge is -2.34. The third-order valence-corrected chi connectivity index (χ3v) is 4.77. The van der Waals surface area contributed by atoms with Crippen LogP contribution in [0.2, 0.25) is 5.02 Å². The van der Waals surface area contributed by atoms with Gasteiger partial charge >= 0.3 is 0 Å². The van der Waals surface area contributed by atoms with E-state index in [0.717, 1.165) is 35.9 Å².